The first kappa shape index (κ1) is 19.1. The second kappa shape index (κ2) is 9.29. The highest BCUT2D eigenvalue weighted by molar-refractivity contribution is 9.10. The van der Waals surface area contributed by atoms with Gasteiger partial charge in [-0.25, -0.2) is 0 Å². The summed E-state index contributed by atoms with van der Waals surface area (Å²) in [4.78, 5) is 14.3. The molecule has 4 heteroatoms. The molecule has 0 fully saturated rings. The van der Waals surface area contributed by atoms with Gasteiger partial charge < -0.3 is 9.64 Å². The fraction of sp³-hybridized carbons (Fsp3) is 0.286. The predicted octanol–water partition coefficient (Wildman–Crippen LogP) is 4.29. The Kier molecular flexibility index (Phi) is 7.09. The van der Waals surface area contributed by atoms with Gasteiger partial charge in [-0.2, -0.15) is 0 Å². The van der Waals surface area contributed by atoms with Gasteiger partial charge in [0.15, 0.2) is 0 Å². The lowest BCUT2D eigenvalue weighted by molar-refractivity contribution is -0.126. The van der Waals surface area contributed by atoms with Crippen molar-refractivity contribution in [1.82, 2.24) is 4.90 Å². The highest BCUT2D eigenvalue weighted by Gasteiger charge is 2.15. The van der Waals surface area contributed by atoms with Crippen LogP contribution in [0.25, 0.3) is 0 Å². The minimum absolute atomic E-state index is 0.0974. The van der Waals surface area contributed by atoms with Crippen molar-refractivity contribution in [2.45, 2.75) is 26.3 Å². The van der Waals surface area contributed by atoms with E-state index in [1.807, 2.05) is 56.3 Å². The predicted molar refractivity (Wildman–Crippen MR) is 105 cm³/mol. The SMILES string of the molecule is COc1ccc(C#CC(=O)N(CCc2ccccc2Br)C(C)C)cc1. The zero-order chi connectivity index (χ0) is 18.2. The largest absolute Gasteiger partial charge is 0.497 e. The van der Waals surface area contributed by atoms with Crippen molar-refractivity contribution in [2.75, 3.05) is 13.7 Å². The van der Waals surface area contributed by atoms with E-state index in [1.54, 1.807) is 12.0 Å². The lowest BCUT2D eigenvalue weighted by atomic mass is 10.1. The molecule has 130 valence electrons. The van der Waals surface area contributed by atoms with Crippen LogP contribution in [0.4, 0.5) is 0 Å². The maximum absolute atomic E-state index is 12.5. The third-order valence-corrected chi connectivity index (χ3v) is 4.64. The molecular formula is C21H22BrNO2. The monoisotopic (exact) mass is 399 g/mol. The van der Waals surface area contributed by atoms with Gasteiger partial charge in [-0.3, -0.25) is 4.79 Å². The van der Waals surface area contributed by atoms with E-state index in [0.717, 1.165) is 22.2 Å². The molecule has 2 aromatic rings. The van der Waals surface area contributed by atoms with Crippen LogP contribution in [-0.2, 0) is 11.2 Å². The molecule has 0 bridgehead atoms. The molecule has 0 aliphatic carbocycles. The Morgan fingerprint density at radius 2 is 1.84 bits per heavy atom. The molecule has 2 aromatic carbocycles. The molecule has 0 heterocycles. The van der Waals surface area contributed by atoms with Crippen molar-refractivity contribution in [3.8, 4) is 17.6 Å². The van der Waals surface area contributed by atoms with Gasteiger partial charge in [0.2, 0.25) is 0 Å². The zero-order valence-electron chi connectivity index (χ0n) is 14.8. The van der Waals surface area contributed by atoms with Crippen molar-refractivity contribution in [2.24, 2.45) is 0 Å². The maximum Gasteiger partial charge on any atom is 0.299 e. The summed E-state index contributed by atoms with van der Waals surface area (Å²) in [5.41, 5.74) is 1.98. The van der Waals surface area contributed by atoms with Crippen LogP contribution in [0.3, 0.4) is 0 Å². The van der Waals surface area contributed by atoms with Crippen molar-refractivity contribution in [3.63, 3.8) is 0 Å². The average Bonchev–Trinajstić information content (AvgIpc) is 2.61. The number of amides is 1. The molecule has 0 saturated carbocycles. The molecule has 1 amide bonds. The van der Waals surface area contributed by atoms with Gasteiger partial charge in [0.05, 0.1) is 7.11 Å². The lowest BCUT2D eigenvalue weighted by Gasteiger charge is -2.24. The number of ether oxygens (including phenoxy) is 1. The molecule has 0 spiro atoms. The Hall–Kier alpha value is -2.25. The number of halogens is 1. The normalized spacial score (nSPS) is 10.1. The summed E-state index contributed by atoms with van der Waals surface area (Å²) < 4.78 is 6.19. The first-order valence-electron chi connectivity index (χ1n) is 8.21. The molecule has 0 aromatic heterocycles. The van der Waals surface area contributed by atoms with Gasteiger partial charge in [-0.1, -0.05) is 40.0 Å². The van der Waals surface area contributed by atoms with E-state index in [4.69, 9.17) is 4.74 Å². The summed E-state index contributed by atoms with van der Waals surface area (Å²) in [5, 5.41) is 0. The molecule has 0 unspecified atom stereocenters. The summed E-state index contributed by atoms with van der Waals surface area (Å²) in [7, 11) is 1.62. The van der Waals surface area contributed by atoms with E-state index in [9.17, 15) is 4.79 Å². The average molecular weight is 400 g/mol. The molecule has 0 atom stereocenters. The van der Waals surface area contributed by atoms with E-state index >= 15 is 0 Å². The third kappa shape index (κ3) is 5.65. The number of rotatable bonds is 5. The van der Waals surface area contributed by atoms with Crippen molar-refractivity contribution in [1.29, 1.82) is 0 Å². The number of carbonyl (C=O) groups is 1. The Balaban J connectivity index is 2.05. The molecule has 3 nitrogen and oxygen atoms in total. The van der Waals surface area contributed by atoms with Crippen molar-refractivity contribution >= 4 is 21.8 Å². The van der Waals surface area contributed by atoms with E-state index in [-0.39, 0.29) is 11.9 Å². The third-order valence-electron chi connectivity index (χ3n) is 3.87. The Bertz CT molecular complexity index is 772. The van der Waals surface area contributed by atoms with Crippen molar-refractivity contribution < 1.29 is 9.53 Å². The molecular weight excluding hydrogens is 378 g/mol. The van der Waals surface area contributed by atoms with Crippen LogP contribution in [0.2, 0.25) is 0 Å². The number of hydrogen-bond donors (Lipinski definition) is 0. The second-order valence-electron chi connectivity index (χ2n) is 5.91. The molecule has 0 radical (unpaired) electrons. The maximum atomic E-state index is 12.5. The number of methoxy groups -OCH3 is 1. The van der Waals surface area contributed by atoms with Gasteiger partial charge >= 0.3 is 0 Å². The summed E-state index contributed by atoms with van der Waals surface area (Å²) in [6, 6.07) is 15.5. The van der Waals surface area contributed by atoms with Gasteiger partial charge in [-0.15, -0.1) is 0 Å². The molecule has 25 heavy (non-hydrogen) atoms. The van der Waals surface area contributed by atoms with Crippen LogP contribution in [-0.4, -0.2) is 30.5 Å². The Labute approximate surface area is 158 Å². The zero-order valence-corrected chi connectivity index (χ0v) is 16.3. The Morgan fingerprint density at radius 3 is 2.44 bits per heavy atom. The number of nitrogens with zero attached hydrogens (tertiary/aromatic N) is 1. The standard InChI is InChI=1S/C21H22BrNO2/c1-16(2)23(15-14-18-6-4-5-7-20(18)22)21(24)13-10-17-8-11-19(25-3)12-9-17/h4-9,11-12,16H,14-15H2,1-3H3. The van der Waals surface area contributed by atoms with Gasteiger partial charge in [0.1, 0.15) is 5.75 Å². The van der Waals surface area contributed by atoms with Crippen LogP contribution in [0.1, 0.15) is 25.0 Å². The lowest BCUT2D eigenvalue weighted by Crippen LogP contribution is -2.37. The quantitative estimate of drug-likeness (QED) is 0.701. The Morgan fingerprint density at radius 1 is 1.16 bits per heavy atom. The summed E-state index contributed by atoms with van der Waals surface area (Å²) in [6.07, 6.45) is 0.787. The summed E-state index contributed by atoms with van der Waals surface area (Å²) in [5.74, 6) is 6.31. The summed E-state index contributed by atoms with van der Waals surface area (Å²) >= 11 is 3.55. The van der Waals surface area contributed by atoms with Crippen LogP contribution >= 0.6 is 15.9 Å². The number of benzene rings is 2. The van der Waals surface area contributed by atoms with Gasteiger partial charge in [-0.05, 0) is 56.2 Å². The molecule has 2 rings (SSSR count). The van der Waals surface area contributed by atoms with E-state index < -0.39 is 0 Å². The van der Waals surface area contributed by atoms with Crippen LogP contribution < -0.4 is 4.74 Å². The first-order valence-corrected chi connectivity index (χ1v) is 9.00. The fourth-order valence-corrected chi connectivity index (χ4v) is 2.89. The van der Waals surface area contributed by atoms with Crippen LogP contribution in [0.5, 0.6) is 5.75 Å². The minimum atomic E-state index is -0.155. The topological polar surface area (TPSA) is 29.5 Å². The van der Waals surface area contributed by atoms with Gasteiger partial charge in [0, 0.05) is 28.5 Å². The fourth-order valence-electron chi connectivity index (χ4n) is 2.41. The molecule has 0 aliphatic rings. The van der Waals surface area contributed by atoms with E-state index in [2.05, 4.69) is 33.8 Å². The minimum Gasteiger partial charge on any atom is -0.497 e. The van der Waals surface area contributed by atoms with Crippen molar-refractivity contribution in [3.05, 3.63) is 64.1 Å². The van der Waals surface area contributed by atoms with E-state index in [1.165, 1.54) is 5.56 Å². The molecule has 0 aliphatic heterocycles. The molecule has 0 N–H and O–H groups in total. The van der Waals surface area contributed by atoms with E-state index in [0.29, 0.717) is 6.54 Å². The highest BCUT2D eigenvalue weighted by Crippen LogP contribution is 2.17. The second-order valence-corrected chi connectivity index (χ2v) is 6.77. The smallest absolute Gasteiger partial charge is 0.299 e. The molecule has 0 saturated heterocycles. The summed E-state index contributed by atoms with van der Waals surface area (Å²) in [6.45, 7) is 4.65. The number of hydrogen-bond acceptors (Lipinski definition) is 2. The van der Waals surface area contributed by atoms with Crippen LogP contribution in [0, 0.1) is 11.8 Å². The highest BCUT2D eigenvalue weighted by atomic mass is 79.9. The van der Waals surface area contributed by atoms with Crippen LogP contribution in [0.15, 0.2) is 53.0 Å². The van der Waals surface area contributed by atoms with Gasteiger partial charge in [0.25, 0.3) is 5.91 Å². The number of carbonyl (C=O) groups excluding carboxylic acids is 1. The first-order chi connectivity index (χ1) is 12.0.